The maximum atomic E-state index is 5.29. The molecule has 0 aliphatic carbocycles. The van der Waals surface area contributed by atoms with Crippen LogP contribution in [0, 0.1) is 0 Å². The molecule has 2 heterocycles. The van der Waals surface area contributed by atoms with E-state index in [0.29, 0.717) is 5.65 Å². The van der Waals surface area contributed by atoms with Gasteiger partial charge >= 0.3 is 0 Å². The third-order valence-electron chi connectivity index (χ3n) is 4.84. The minimum absolute atomic E-state index is 0.704. The number of benzene rings is 2. The predicted molar refractivity (Wildman–Crippen MR) is 109 cm³/mol. The van der Waals surface area contributed by atoms with E-state index in [-0.39, 0.29) is 0 Å². The van der Waals surface area contributed by atoms with Gasteiger partial charge in [-0.25, -0.2) is 15.0 Å². The van der Waals surface area contributed by atoms with Crippen LogP contribution in [0.15, 0.2) is 48.5 Å². The highest BCUT2D eigenvalue weighted by atomic mass is 16.5. The SMILES string of the molecule is CCCCCCn1c(-c2ccc(OC)cc2)nc2nc3ccccc3nc21. The first-order valence-electron chi connectivity index (χ1n) is 9.57. The molecule has 0 aliphatic rings. The Morgan fingerprint density at radius 1 is 0.852 bits per heavy atom. The van der Waals surface area contributed by atoms with Crippen molar-refractivity contribution in [1.29, 1.82) is 0 Å². The Morgan fingerprint density at radius 2 is 1.59 bits per heavy atom. The lowest BCUT2D eigenvalue weighted by molar-refractivity contribution is 0.415. The number of fused-ring (bicyclic) bond motifs is 2. The van der Waals surface area contributed by atoms with Gasteiger partial charge in [0.1, 0.15) is 11.6 Å². The molecule has 2 aromatic carbocycles. The van der Waals surface area contributed by atoms with Crippen molar-refractivity contribution in [3.05, 3.63) is 48.5 Å². The molecule has 2 aromatic heterocycles. The molecule has 0 N–H and O–H groups in total. The van der Waals surface area contributed by atoms with E-state index in [2.05, 4.69) is 11.5 Å². The van der Waals surface area contributed by atoms with Crippen LogP contribution in [0.3, 0.4) is 0 Å². The molecule has 0 bridgehead atoms. The van der Waals surface area contributed by atoms with Crippen LogP contribution in [0.5, 0.6) is 5.75 Å². The summed E-state index contributed by atoms with van der Waals surface area (Å²) in [6, 6.07) is 16.0. The van der Waals surface area contributed by atoms with Gasteiger partial charge in [0.05, 0.1) is 18.1 Å². The molecular weight excluding hydrogens is 336 g/mol. The Balaban J connectivity index is 1.82. The molecule has 27 heavy (non-hydrogen) atoms. The summed E-state index contributed by atoms with van der Waals surface area (Å²) in [5, 5.41) is 0. The van der Waals surface area contributed by atoms with Gasteiger partial charge in [-0.1, -0.05) is 38.3 Å². The van der Waals surface area contributed by atoms with Crippen LogP contribution in [-0.2, 0) is 6.54 Å². The molecule has 0 unspecified atom stereocenters. The topological polar surface area (TPSA) is 52.8 Å². The van der Waals surface area contributed by atoms with Crippen molar-refractivity contribution in [3.63, 3.8) is 0 Å². The van der Waals surface area contributed by atoms with Crippen molar-refractivity contribution in [2.45, 2.75) is 39.2 Å². The summed E-state index contributed by atoms with van der Waals surface area (Å²) in [6.45, 7) is 3.12. The van der Waals surface area contributed by atoms with Crippen molar-refractivity contribution < 1.29 is 4.74 Å². The summed E-state index contributed by atoms with van der Waals surface area (Å²) in [5.41, 5.74) is 4.39. The van der Waals surface area contributed by atoms with Crippen LogP contribution in [-0.4, -0.2) is 26.6 Å². The van der Waals surface area contributed by atoms with Crippen LogP contribution in [0.25, 0.3) is 33.7 Å². The largest absolute Gasteiger partial charge is 0.497 e. The zero-order valence-corrected chi connectivity index (χ0v) is 15.9. The van der Waals surface area contributed by atoms with Gasteiger partial charge < -0.3 is 9.30 Å². The molecule has 0 atom stereocenters. The third kappa shape index (κ3) is 3.50. The summed E-state index contributed by atoms with van der Waals surface area (Å²) in [6.07, 6.45) is 4.79. The molecule has 5 heteroatoms. The van der Waals surface area contributed by atoms with E-state index < -0.39 is 0 Å². The summed E-state index contributed by atoms with van der Waals surface area (Å²) in [7, 11) is 1.68. The Bertz CT molecular complexity index is 1050. The highest BCUT2D eigenvalue weighted by Gasteiger charge is 2.16. The van der Waals surface area contributed by atoms with E-state index in [4.69, 9.17) is 19.7 Å². The zero-order chi connectivity index (χ0) is 18.6. The predicted octanol–water partition coefficient (Wildman–Crippen LogP) is 5.24. The van der Waals surface area contributed by atoms with E-state index in [1.54, 1.807) is 7.11 Å². The Morgan fingerprint density at radius 3 is 2.30 bits per heavy atom. The molecule has 0 spiro atoms. The van der Waals surface area contributed by atoms with Crippen molar-refractivity contribution in [2.24, 2.45) is 0 Å². The summed E-state index contributed by atoms with van der Waals surface area (Å²) in [4.78, 5) is 14.4. The van der Waals surface area contributed by atoms with E-state index >= 15 is 0 Å². The summed E-state index contributed by atoms with van der Waals surface area (Å²) in [5.74, 6) is 1.76. The van der Waals surface area contributed by atoms with Gasteiger partial charge in [-0.05, 0) is 42.8 Å². The molecule has 0 saturated carbocycles. The van der Waals surface area contributed by atoms with Gasteiger partial charge in [0.2, 0.25) is 0 Å². The van der Waals surface area contributed by atoms with Crippen molar-refractivity contribution >= 4 is 22.3 Å². The molecule has 0 radical (unpaired) electrons. The van der Waals surface area contributed by atoms with Gasteiger partial charge in [-0.3, -0.25) is 0 Å². The number of rotatable bonds is 7. The summed E-state index contributed by atoms with van der Waals surface area (Å²) < 4.78 is 7.50. The number of hydrogen-bond acceptors (Lipinski definition) is 4. The minimum atomic E-state index is 0.704. The van der Waals surface area contributed by atoms with Crippen LogP contribution in [0.1, 0.15) is 32.6 Å². The van der Waals surface area contributed by atoms with E-state index in [1.165, 1.54) is 19.3 Å². The van der Waals surface area contributed by atoms with Crippen molar-refractivity contribution in [3.8, 4) is 17.1 Å². The van der Waals surface area contributed by atoms with Gasteiger partial charge in [-0.15, -0.1) is 0 Å². The van der Waals surface area contributed by atoms with Crippen molar-refractivity contribution in [2.75, 3.05) is 7.11 Å². The number of nitrogens with zero attached hydrogens (tertiary/aromatic N) is 4. The van der Waals surface area contributed by atoms with Gasteiger partial charge in [0, 0.05) is 12.1 Å². The normalized spacial score (nSPS) is 11.3. The molecule has 4 aromatic rings. The van der Waals surface area contributed by atoms with Crippen molar-refractivity contribution in [1.82, 2.24) is 19.5 Å². The second-order valence-electron chi connectivity index (χ2n) is 6.74. The lowest BCUT2D eigenvalue weighted by atomic mass is 10.2. The lowest BCUT2D eigenvalue weighted by Gasteiger charge is -2.09. The number of methoxy groups -OCH3 is 1. The fourth-order valence-corrected chi connectivity index (χ4v) is 3.37. The second kappa shape index (κ2) is 7.74. The fraction of sp³-hybridized carbons (Fsp3) is 0.318. The molecule has 0 saturated heterocycles. The average molecular weight is 360 g/mol. The number of aryl methyl sites for hydroxylation is 1. The highest BCUT2D eigenvalue weighted by molar-refractivity contribution is 5.84. The Hall–Kier alpha value is -2.95. The zero-order valence-electron chi connectivity index (χ0n) is 15.9. The van der Waals surface area contributed by atoms with E-state index in [0.717, 1.165) is 46.8 Å². The number of para-hydroxylation sites is 2. The number of ether oxygens (including phenoxy) is 1. The summed E-state index contributed by atoms with van der Waals surface area (Å²) >= 11 is 0. The molecule has 5 nitrogen and oxygen atoms in total. The quantitative estimate of drug-likeness (QED) is 0.423. The Labute approximate surface area is 159 Å². The molecule has 138 valence electrons. The number of imidazole rings is 1. The molecule has 4 rings (SSSR count). The average Bonchev–Trinajstić information content (AvgIpc) is 3.07. The van der Waals surface area contributed by atoms with Gasteiger partial charge in [0.15, 0.2) is 11.3 Å². The van der Waals surface area contributed by atoms with Crippen LogP contribution < -0.4 is 4.74 Å². The molecule has 0 aliphatic heterocycles. The first kappa shape index (κ1) is 17.5. The highest BCUT2D eigenvalue weighted by Crippen LogP contribution is 2.27. The Kier molecular flexibility index (Phi) is 5.01. The minimum Gasteiger partial charge on any atom is -0.497 e. The first-order chi connectivity index (χ1) is 13.3. The second-order valence-corrected chi connectivity index (χ2v) is 6.74. The molecule has 0 fully saturated rings. The maximum Gasteiger partial charge on any atom is 0.198 e. The van der Waals surface area contributed by atoms with E-state index in [9.17, 15) is 0 Å². The number of aromatic nitrogens is 4. The van der Waals surface area contributed by atoms with Gasteiger partial charge in [0.25, 0.3) is 0 Å². The van der Waals surface area contributed by atoms with E-state index in [1.807, 2.05) is 48.5 Å². The molecular formula is C22H24N4O. The lowest BCUT2D eigenvalue weighted by Crippen LogP contribution is -2.02. The standard InChI is InChI=1S/C22H24N4O/c1-3-4-5-8-15-26-21(16-11-13-17(27-2)14-12-16)25-20-22(26)24-19-10-7-6-9-18(19)23-20/h6-7,9-14H,3-5,8,15H2,1-2H3. The third-order valence-corrected chi connectivity index (χ3v) is 4.84. The van der Waals surface area contributed by atoms with Gasteiger partial charge in [-0.2, -0.15) is 0 Å². The van der Waals surface area contributed by atoms with Crippen LogP contribution in [0.4, 0.5) is 0 Å². The number of unbranched alkanes of at least 4 members (excludes halogenated alkanes) is 3. The first-order valence-corrected chi connectivity index (χ1v) is 9.57. The van der Waals surface area contributed by atoms with Crippen LogP contribution >= 0.6 is 0 Å². The fourth-order valence-electron chi connectivity index (χ4n) is 3.37. The monoisotopic (exact) mass is 360 g/mol. The molecule has 0 amide bonds. The van der Waals surface area contributed by atoms with Crippen LogP contribution in [0.2, 0.25) is 0 Å². The maximum absolute atomic E-state index is 5.29. The smallest absolute Gasteiger partial charge is 0.198 e. The number of hydrogen-bond donors (Lipinski definition) is 0.